The summed E-state index contributed by atoms with van der Waals surface area (Å²) >= 11 is 0. The molecule has 0 radical (unpaired) electrons. The summed E-state index contributed by atoms with van der Waals surface area (Å²) in [6, 6.07) is 21.5. The van der Waals surface area contributed by atoms with Gasteiger partial charge in [-0.2, -0.15) is 0 Å². The first kappa shape index (κ1) is 18.0. The van der Waals surface area contributed by atoms with Crippen molar-refractivity contribution in [2.75, 3.05) is 0 Å². The molecule has 1 heterocycles. The largest absolute Gasteiger partial charge is 0.490 e. The lowest BCUT2D eigenvalue weighted by Crippen LogP contribution is -2.10. The highest BCUT2D eigenvalue weighted by Gasteiger charge is 2.24. The number of carbonyl (C=O) groups is 1. The van der Waals surface area contributed by atoms with Gasteiger partial charge in [0, 0.05) is 11.1 Å². The smallest absolute Gasteiger partial charge is 0.363 e. The summed E-state index contributed by atoms with van der Waals surface area (Å²) in [5.41, 5.74) is 1.85. The minimum absolute atomic E-state index is 0.0896. The van der Waals surface area contributed by atoms with Crippen LogP contribution in [0.15, 0.2) is 77.4 Å². The van der Waals surface area contributed by atoms with Crippen molar-refractivity contribution in [1.29, 1.82) is 0 Å². The molecule has 0 fully saturated rings. The van der Waals surface area contributed by atoms with Gasteiger partial charge in [-0.25, -0.2) is 9.79 Å². The molecule has 1 unspecified atom stereocenters. The van der Waals surface area contributed by atoms with Crippen LogP contribution in [0.3, 0.4) is 0 Å². The fraction of sp³-hybridized carbons (Fsp3) is 0.167. The van der Waals surface area contributed by atoms with Gasteiger partial charge in [-0.15, -0.1) is 0 Å². The maximum atomic E-state index is 12.4. The fourth-order valence-electron chi connectivity index (χ4n) is 3.01. The van der Waals surface area contributed by atoms with Crippen LogP contribution in [0.2, 0.25) is 0 Å². The Morgan fingerprint density at radius 2 is 1.79 bits per heavy atom. The molecule has 0 spiro atoms. The van der Waals surface area contributed by atoms with Gasteiger partial charge in [-0.1, -0.05) is 55.5 Å². The number of hydrogen-bond acceptors (Lipinski definition) is 4. The van der Waals surface area contributed by atoms with Crippen molar-refractivity contribution in [2.45, 2.75) is 26.4 Å². The number of esters is 1. The van der Waals surface area contributed by atoms with Crippen LogP contribution < -0.4 is 4.74 Å². The van der Waals surface area contributed by atoms with E-state index in [4.69, 9.17) is 9.47 Å². The zero-order valence-corrected chi connectivity index (χ0v) is 15.9. The van der Waals surface area contributed by atoms with Crippen molar-refractivity contribution in [3.8, 4) is 5.75 Å². The Morgan fingerprint density at radius 1 is 1.04 bits per heavy atom. The van der Waals surface area contributed by atoms with E-state index in [2.05, 4.69) is 11.9 Å². The van der Waals surface area contributed by atoms with Gasteiger partial charge in [0.15, 0.2) is 5.70 Å². The van der Waals surface area contributed by atoms with Crippen LogP contribution >= 0.6 is 0 Å². The summed E-state index contributed by atoms with van der Waals surface area (Å²) in [6.45, 7) is 4.09. The summed E-state index contributed by atoms with van der Waals surface area (Å²) in [6.07, 6.45) is 2.71. The molecule has 0 saturated carbocycles. The molecule has 0 N–H and O–H groups in total. The van der Waals surface area contributed by atoms with Crippen LogP contribution in [0, 0.1) is 0 Å². The van der Waals surface area contributed by atoms with Crippen LogP contribution in [-0.2, 0) is 9.53 Å². The lowest BCUT2D eigenvalue weighted by Gasteiger charge is -2.14. The quantitative estimate of drug-likeness (QED) is 0.448. The third kappa shape index (κ3) is 3.67. The van der Waals surface area contributed by atoms with E-state index in [1.165, 1.54) is 0 Å². The van der Waals surface area contributed by atoms with Gasteiger partial charge in [0.05, 0.1) is 6.10 Å². The second kappa shape index (κ2) is 7.69. The average Bonchev–Trinajstić information content (AvgIpc) is 3.09. The SMILES string of the molecule is CCC(C)Oc1ccccc1/C=C1\N=C(c2ccc3ccccc3c2)OC1=O. The normalized spacial score (nSPS) is 16.1. The van der Waals surface area contributed by atoms with Crippen molar-refractivity contribution < 1.29 is 14.3 Å². The molecule has 3 aromatic rings. The number of benzene rings is 3. The van der Waals surface area contributed by atoms with Crippen molar-refractivity contribution in [1.82, 2.24) is 0 Å². The van der Waals surface area contributed by atoms with Gasteiger partial charge in [0.25, 0.3) is 0 Å². The van der Waals surface area contributed by atoms with E-state index in [-0.39, 0.29) is 11.8 Å². The number of aliphatic imine (C=N–C) groups is 1. The zero-order valence-electron chi connectivity index (χ0n) is 15.9. The Kier molecular flexibility index (Phi) is 4.94. The van der Waals surface area contributed by atoms with Crippen LogP contribution in [-0.4, -0.2) is 18.0 Å². The van der Waals surface area contributed by atoms with Gasteiger partial charge in [0.1, 0.15) is 5.75 Å². The molecular formula is C24H21NO3. The minimum atomic E-state index is -0.457. The number of fused-ring (bicyclic) bond motifs is 1. The lowest BCUT2D eigenvalue weighted by atomic mass is 10.1. The first-order valence-corrected chi connectivity index (χ1v) is 9.41. The average molecular weight is 371 g/mol. The summed E-state index contributed by atoms with van der Waals surface area (Å²) in [7, 11) is 0. The molecule has 4 heteroatoms. The van der Waals surface area contributed by atoms with Crippen molar-refractivity contribution in [3.63, 3.8) is 0 Å². The number of ether oxygens (including phenoxy) is 2. The third-order valence-corrected chi connectivity index (χ3v) is 4.73. The van der Waals surface area contributed by atoms with Crippen LogP contribution in [0.5, 0.6) is 5.75 Å². The Bertz CT molecular complexity index is 1100. The van der Waals surface area contributed by atoms with Crippen molar-refractivity contribution >= 4 is 28.7 Å². The number of nitrogens with zero attached hydrogens (tertiary/aromatic N) is 1. The number of rotatable bonds is 5. The van der Waals surface area contributed by atoms with Gasteiger partial charge in [-0.3, -0.25) is 0 Å². The number of carbonyl (C=O) groups excluding carboxylic acids is 1. The highest BCUT2D eigenvalue weighted by molar-refractivity contribution is 6.13. The molecule has 1 aliphatic rings. The zero-order chi connectivity index (χ0) is 19.5. The Morgan fingerprint density at radius 3 is 2.61 bits per heavy atom. The molecule has 28 heavy (non-hydrogen) atoms. The Balaban J connectivity index is 1.67. The molecule has 140 valence electrons. The molecule has 0 aromatic heterocycles. The third-order valence-electron chi connectivity index (χ3n) is 4.73. The van der Waals surface area contributed by atoms with E-state index in [0.29, 0.717) is 5.90 Å². The van der Waals surface area contributed by atoms with Crippen LogP contribution in [0.25, 0.3) is 16.8 Å². The monoisotopic (exact) mass is 371 g/mol. The first-order chi connectivity index (χ1) is 13.6. The molecule has 1 atom stereocenters. The van der Waals surface area contributed by atoms with Gasteiger partial charge in [0.2, 0.25) is 5.90 Å². The molecule has 0 saturated heterocycles. The minimum Gasteiger partial charge on any atom is -0.490 e. The van der Waals surface area contributed by atoms with E-state index >= 15 is 0 Å². The second-order valence-electron chi connectivity index (χ2n) is 6.77. The summed E-state index contributed by atoms with van der Waals surface area (Å²) in [5, 5.41) is 2.20. The topological polar surface area (TPSA) is 47.9 Å². The predicted octanol–water partition coefficient (Wildman–Crippen LogP) is 5.36. The molecule has 3 aromatic carbocycles. The molecule has 0 aliphatic carbocycles. The fourth-order valence-corrected chi connectivity index (χ4v) is 3.01. The molecule has 1 aliphatic heterocycles. The van der Waals surface area contributed by atoms with Crippen LogP contribution in [0.4, 0.5) is 0 Å². The van der Waals surface area contributed by atoms with Crippen molar-refractivity contribution in [2.24, 2.45) is 4.99 Å². The van der Waals surface area contributed by atoms with Crippen molar-refractivity contribution in [3.05, 3.63) is 83.6 Å². The lowest BCUT2D eigenvalue weighted by molar-refractivity contribution is -0.129. The first-order valence-electron chi connectivity index (χ1n) is 9.41. The second-order valence-corrected chi connectivity index (χ2v) is 6.77. The number of cyclic esters (lactones) is 1. The maximum absolute atomic E-state index is 12.4. The van der Waals surface area contributed by atoms with E-state index in [1.807, 2.05) is 73.7 Å². The molecule has 4 rings (SSSR count). The van der Waals surface area contributed by atoms with Crippen LogP contribution in [0.1, 0.15) is 31.4 Å². The number of hydrogen-bond donors (Lipinski definition) is 0. The Hall–Kier alpha value is -3.40. The predicted molar refractivity (Wildman–Crippen MR) is 111 cm³/mol. The molecule has 0 bridgehead atoms. The highest BCUT2D eigenvalue weighted by Crippen LogP contribution is 2.26. The van der Waals surface area contributed by atoms with E-state index < -0.39 is 5.97 Å². The maximum Gasteiger partial charge on any atom is 0.363 e. The molecule has 0 amide bonds. The highest BCUT2D eigenvalue weighted by atomic mass is 16.6. The summed E-state index contributed by atoms with van der Waals surface area (Å²) in [5.74, 6) is 0.593. The van der Waals surface area contributed by atoms with Gasteiger partial charge in [-0.05, 0) is 48.4 Å². The Labute approximate surface area is 164 Å². The van der Waals surface area contributed by atoms with Gasteiger partial charge < -0.3 is 9.47 Å². The van der Waals surface area contributed by atoms with E-state index in [9.17, 15) is 4.79 Å². The molecule has 4 nitrogen and oxygen atoms in total. The summed E-state index contributed by atoms with van der Waals surface area (Å²) in [4.78, 5) is 16.8. The van der Waals surface area contributed by atoms with E-state index in [0.717, 1.165) is 34.1 Å². The van der Waals surface area contributed by atoms with Gasteiger partial charge >= 0.3 is 5.97 Å². The summed E-state index contributed by atoms with van der Waals surface area (Å²) < 4.78 is 11.4. The standard InChI is InChI=1S/C24H21NO3/c1-3-16(2)27-22-11-7-6-10-19(22)15-21-24(26)28-23(25-21)20-13-12-17-8-4-5-9-18(17)14-20/h4-16H,3H2,1-2H3/b21-15-. The van der Waals surface area contributed by atoms with E-state index in [1.54, 1.807) is 6.08 Å². The number of para-hydroxylation sites is 1. The molecular weight excluding hydrogens is 350 g/mol.